The highest BCUT2D eigenvalue weighted by Gasteiger charge is 2.38. The van der Waals surface area contributed by atoms with Gasteiger partial charge >= 0.3 is 5.97 Å². The van der Waals surface area contributed by atoms with Crippen molar-refractivity contribution in [3.8, 4) is 0 Å². The lowest BCUT2D eigenvalue weighted by Gasteiger charge is -2.46. The molecule has 6 heteroatoms. The fraction of sp³-hybridized carbons (Fsp3) is 0.875. The summed E-state index contributed by atoms with van der Waals surface area (Å²) in [6.45, 7) is 8.60. The van der Waals surface area contributed by atoms with Crippen LogP contribution in [-0.2, 0) is 9.59 Å². The Morgan fingerprint density at radius 1 is 1.27 bits per heavy atom. The van der Waals surface area contributed by atoms with Gasteiger partial charge in [0.1, 0.15) is 6.04 Å². The zero-order valence-electron chi connectivity index (χ0n) is 14.4. The van der Waals surface area contributed by atoms with Gasteiger partial charge in [-0.1, -0.05) is 0 Å². The smallest absolute Gasteiger partial charge is 0.326 e. The van der Waals surface area contributed by atoms with Crippen molar-refractivity contribution in [1.29, 1.82) is 0 Å². The van der Waals surface area contributed by atoms with Crippen LogP contribution in [0.2, 0.25) is 0 Å². The lowest BCUT2D eigenvalue weighted by molar-refractivity contribution is -0.142. The van der Waals surface area contributed by atoms with E-state index in [-0.39, 0.29) is 22.9 Å². The Labute approximate surface area is 138 Å². The van der Waals surface area contributed by atoms with Crippen LogP contribution in [0.3, 0.4) is 0 Å². The van der Waals surface area contributed by atoms with Crippen LogP contribution in [0, 0.1) is 5.92 Å². The molecule has 3 N–H and O–H groups in total. The van der Waals surface area contributed by atoms with E-state index in [1.807, 2.05) is 6.26 Å². The molecule has 1 atom stereocenters. The highest BCUT2D eigenvalue weighted by molar-refractivity contribution is 7.98. The van der Waals surface area contributed by atoms with Crippen molar-refractivity contribution in [3.05, 3.63) is 0 Å². The molecule has 0 saturated carbocycles. The van der Waals surface area contributed by atoms with Crippen LogP contribution in [-0.4, -0.2) is 46.1 Å². The maximum atomic E-state index is 12.2. The van der Waals surface area contributed by atoms with Crippen molar-refractivity contribution >= 4 is 23.6 Å². The molecule has 1 aliphatic heterocycles. The minimum atomic E-state index is -0.951. The zero-order valence-corrected chi connectivity index (χ0v) is 15.2. The van der Waals surface area contributed by atoms with Crippen LogP contribution in [0.25, 0.3) is 0 Å². The van der Waals surface area contributed by atoms with Gasteiger partial charge in [-0.15, -0.1) is 0 Å². The maximum absolute atomic E-state index is 12.2. The van der Waals surface area contributed by atoms with Crippen molar-refractivity contribution < 1.29 is 14.7 Å². The summed E-state index contributed by atoms with van der Waals surface area (Å²) >= 11 is 1.59. The predicted molar refractivity (Wildman–Crippen MR) is 91.2 cm³/mol. The number of carboxylic acids is 1. The first kappa shape index (κ1) is 19.3. The summed E-state index contributed by atoms with van der Waals surface area (Å²) in [5.41, 5.74) is -0.00447. The Kier molecular flexibility index (Phi) is 6.74. The molecule has 0 aromatic rings. The summed E-state index contributed by atoms with van der Waals surface area (Å²) < 4.78 is 0. The molecule has 5 nitrogen and oxygen atoms in total. The molecule has 1 aliphatic rings. The zero-order chi connectivity index (χ0) is 17.0. The third-order valence-electron chi connectivity index (χ3n) is 3.99. The second-order valence-electron chi connectivity index (χ2n) is 7.61. The number of hydrogen-bond donors (Lipinski definition) is 3. The molecule has 0 aromatic carbocycles. The Morgan fingerprint density at radius 3 is 2.27 bits per heavy atom. The fourth-order valence-electron chi connectivity index (χ4n) is 3.69. The van der Waals surface area contributed by atoms with Crippen LogP contribution in [0.5, 0.6) is 0 Å². The average Bonchev–Trinajstić information content (AvgIpc) is 2.29. The minimum absolute atomic E-state index is 0.00224. The van der Waals surface area contributed by atoms with E-state index in [9.17, 15) is 14.7 Å². The van der Waals surface area contributed by atoms with Gasteiger partial charge in [0.2, 0.25) is 5.91 Å². The Hall–Kier alpha value is -0.750. The largest absolute Gasteiger partial charge is 0.480 e. The van der Waals surface area contributed by atoms with Crippen LogP contribution in [0.4, 0.5) is 0 Å². The minimum Gasteiger partial charge on any atom is -0.480 e. The molecule has 0 unspecified atom stereocenters. The number of rotatable bonds is 7. The molecule has 128 valence electrons. The van der Waals surface area contributed by atoms with E-state index in [1.54, 1.807) is 11.8 Å². The van der Waals surface area contributed by atoms with Gasteiger partial charge in [0.05, 0.1) is 0 Å². The van der Waals surface area contributed by atoms with E-state index in [1.165, 1.54) is 0 Å². The molecule has 1 heterocycles. The number of aliphatic carboxylic acids is 1. The first-order valence-electron chi connectivity index (χ1n) is 7.85. The molecule has 1 amide bonds. The Bertz CT molecular complexity index is 394. The summed E-state index contributed by atoms with van der Waals surface area (Å²) in [7, 11) is 0. The topological polar surface area (TPSA) is 78.4 Å². The van der Waals surface area contributed by atoms with Crippen molar-refractivity contribution in [2.24, 2.45) is 5.92 Å². The normalized spacial score (nSPS) is 22.0. The van der Waals surface area contributed by atoms with Crippen LogP contribution >= 0.6 is 11.8 Å². The van der Waals surface area contributed by atoms with E-state index in [0.29, 0.717) is 12.8 Å². The Morgan fingerprint density at radius 2 is 1.82 bits per heavy atom. The molecule has 0 bridgehead atoms. The first-order valence-corrected chi connectivity index (χ1v) is 9.24. The van der Waals surface area contributed by atoms with Gasteiger partial charge in [-0.3, -0.25) is 4.79 Å². The maximum Gasteiger partial charge on any atom is 0.326 e. The molecular weight excluding hydrogens is 300 g/mol. The van der Waals surface area contributed by atoms with Crippen molar-refractivity contribution in [3.63, 3.8) is 0 Å². The average molecular weight is 330 g/mol. The van der Waals surface area contributed by atoms with Crippen LogP contribution in [0.1, 0.15) is 53.4 Å². The summed E-state index contributed by atoms with van der Waals surface area (Å²) in [6, 6.07) is -0.775. The second-order valence-corrected chi connectivity index (χ2v) is 8.60. The standard InChI is InChI=1S/C16H30N2O3S/c1-15(2)9-11(10-16(3,4)18-15)8-13(19)17-12(14(20)21)6-7-22-5/h11-12,18H,6-10H2,1-5H3,(H,17,19)(H,20,21)/t12-/m1/s1. The van der Waals surface area contributed by atoms with Gasteiger partial charge in [-0.25, -0.2) is 4.79 Å². The van der Waals surface area contributed by atoms with Gasteiger partial charge in [-0.05, 0) is 64.9 Å². The monoisotopic (exact) mass is 330 g/mol. The predicted octanol–water partition coefficient (Wildman–Crippen LogP) is 2.26. The summed E-state index contributed by atoms with van der Waals surface area (Å²) in [5, 5.41) is 15.5. The number of amides is 1. The first-order chi connectivity index (χ1) is 10.0. The number of carbonyl (C=O) groups excluding carboxylic acids is 1. The quantitative estimate of drug-likeness (QED) is 0.667. The number of carbonyl (C=O) groups is 2. The van der Waals surface area contributed by atoms with Crippen LogP contribution < -0.4 is 10.6 Å². The molecule has 0 aliphatic carbocycles. The molecule has 1 rings (SSSR count). The van der Waals surface area contributed by atoms with Gasteiger partial charge < -0.3 is 15.7 Å². The Balaban J connectivity index is 2.57. The summed E-state index contributed by atoms with van der Waals surface area (Å²) in [4.78, 5) is 23.4. The van der Waals surface area contributed by atoms with Gasteiger partial charge in [-0.2, -0.15) is 11.8 Å². The van der Waals surface area contributed by atoms with E-state index in [4.69, 9.17) is 0 Å². The molecule has 1 fully saturated rings. The van der Waals surface area contributed by atoms with Gasteiger partial charge in [0.15, 0.2) is 0 Å². The lowest BCUT2D eigenvalue weighted by atomic mass is 9.74. The van der Waals surface area contributed by atoms with Crippen molar-refractivity contribution in [1.82, 2.24) is 10.6 Å². The molecule has 22 heavy (non-hydrogen) atoms. The number of piperidine rings is 1. The number of thioether (sulfide) groups is 1. The molecule has 0 aromatic heterocycles. The molecule has 0 radical (unpaired) electrons. The second kappa shape index (κ2) is 7.68. The number of hydrogen-bond acceptors (Lipinski definition) is 4. The summed E-state index contributed by atoms with van der Waals surface area (Å²) in [6.07, 6.45) is 4.64. The highest BCUT2D eigenvalue weighted by atomic mass is 32.2. The summed E-state index contributed by atoms with van der Waals surface area (Å²) in [5.74, 6) is -0.0911. The highest BCUT2D eigenvalue weighted by Crippen LogP contribution is 2.34. The van der Waals surface area contributed by atoms with Gasteiger partial charge in [0, 0.05) is 17.5 Å². The van der Waals surface area contributed by atoms with E-state index in [2.05, 4.69) is 38.3 Å². The van der Waals surface area contributed by atoms with E-state index in [0.717, 1.165) is 18.6 Å². The third-order valence-corrected chi connectivity index (χ3v) is 4.64. The van der Waals surface area contributed by atoms with E-state index < -0.39 is 12.0 Å². The number of carboxylic acid groups (broad SMARTS) is 1. The van der Waals surface area contributed by atoms with Crippen molar-refractivity contribution in [2.75, 3.05) is 12.0 Å². The fourth-order valence-corrected chi connectivity index (χ4v) is 4.16. The van der Waals surface area contributed by atoms with Crippen molar-refractivity contribution in [2.45, 2.75) is 70.5 Å². The molecule has 0 spiro atoms. The SMILES string of the molecule is CSCC[C@@H](NC(=O)CC1CC(C)(C)NC(C)(C)C1)C(=O)O. The van der Waals surface area contributed by atoms with Crippen LogP contribution in [0.15, 0.2) is 0 Å². The van der Waals surface area contributed by atoms with E-state index >= 15 is 0 Å². The number of nitrogens with one attached hydrogen (secondary N) is 2. The molecule has 1 saturated heterocycles. The molecular formula is C16H30N2O3S. The van der Waals surface area contributed by atoms with Gasteiger partial charge in [0.25, 0.3) is 0 Å². The third kappa shape index (κ3) is 6.57. The lowest BCUT2D eigenvalue weighted by Crippen LogP contribution is -2.58.